The molecule has 1 N–H and O–H groups in total. The predicted molar refractivity (Wildman–Crippen MR) is 64.9 cm³/mol. The summed E-state index contributed by atoms with van der Waals surface area (Å²) in [5.41, 5.74) is 1.31. The van der Waals surface area contributed by atoms with Crippen molar-refractivity contribution in [2.75, 3.05) is 19.8 Å². The molecule has 2 nitrogen and oxygen atoms in total. The molecule has 0 saturated carbocycles. The summed E-state index contributed by atoms with van der Waals surface area (Å²) in [6.07, 6.45) is -0.932. The van der Waals surface area contributed by atoms with Gasteiger partial charge in [-0.1, -0.05) is 0 Å². The molecule has 0 radical (unpaired) electrons. The Hall–Kier alpha value is -0.590. The number of thiophene rings is 1. The third kappa shape index (κ3) is 3.96. The minimum atomic E-state index is -4.23. The van der Waals surface area contributed by atoms with Gasteiger partial charge in [0.15, 0.2) is 0 Å². The highest BCUT2D eigenvalue weighted by Crippen LogP contribution is 2.32. The molecule has 1 aliphatic rings. The molecule has 1 aliphatic carbocycles. The quantitative estimate of drug-likeness (QED) is 0.835. The van der Waals surface area contributed by atoms with Gasteiger partial charge in [-0.25, -0.2) is 0 Å². The molecule has 0 spiro atoms. The van der Waals surface area contributed by atoms with Crippen molar-refractivity contribution in [2.24, 2.45) is 0 Å². The van der Waals surface area contributed by atoms with E-state index in [1.54, 1.807) is 11.3 Å². The predicted octanol–water partition coefficient (Wildman–Crippen LogP) is 3.29. The summed E-state index contributed by atoms with van der Waals surface area (Å²) in [4.78, 5) is 1.40. The van der Waals surface area contributed by atoms with Crippen molar-refractivity contribution in [1.29, 1.82) is 0 Å². The Morgan fingerprint density at radius 1 is 1.44 bits per heavy atom. The molecule has 0 aromatic carbocycles. The Morgan fingerprint density at radius 2 is 2.28 bits per heavy atom. The number of halogens is 3. The molecule has 1 aromatic heterocycles. The lowest BCUT2D eigenvalue weighted by Gasteiger charge is -2.23. The minimum Gasteiger partial charge on any atom is -0.371 e. The van der Waals surface area contributed by atoms with Crippen LogP contribution in [0, 0.1) is 0 Å². The van der Waals surface area contributed by atoms with Gasteiger partial charge < -0.3 is 10.1 Å². The second kappa shape index (κ2) is 6.04. The molecule has 18 heavy (non-hydrogen) atoms. The second-order valence-corrected chi connectivity index (χ2v) is 5.37. The normalized spacial score (nSPS) is 19.8. The zero-order valence-corrected chi connectivity index (χ0v) is 10.7. The van der Waals surface area contributed by atoms with E-state index in [1.165, 1.54) is 10.4 Å². The number of hydrogen-bond acceptors (Lipinski definition) is 3. The van der Waals surface area contributed by atoms with Crippen LogP contribution in [0.25, 0.3) is 0 Å². The summed E-state index contributed by atoms with van der Waals surface area (Å²) in [7, 11) is 0. The highest BCUT2D eigenvalue weighted by Gasteiger charge is 2.27. The van der Waals surface area contributed by atoms with Crippen LogP contribution in [0.15, 0.2) is 11.4 Å². The zero-order chi connectivity index (χ0) is 13.0. The molecule has 0 bridgehead atoms. The Kier molecular flexibility index (Phi) is 4.64. The summed E-state index contributed by atoms with van der Waals surface area (Å²) in [5.74, 6) is 0. The first-order chi connectivity index (χ1) is 8.56. The number of aryl methyl sites for hydroxylation is 1. The van der Waals surface area contributed by atoms with Gasteiger partial charge >= 0.3 is 6.18 Å². The third-order valence-corrected chi connectivity index (χ3v) is 3.95. The van der Waals surface area contributed by atoms with Crippen molar-refractivity contribution in [2.45, 2.75) is 31.5 Å². The zero-order valence-electron chi connectivity index (χ0n) is 9.93. The highest BCUT2D eigenvalue weighted by molar-refractivity contribution is 7.10. The number of ether oxygens (including phenoxy) is 1. The average molecular weight is 279 g/mol. The van der Waals surface area contributed by atoms with Crippen molar-refractivity contribution in [3.63, 3.8) is 0 Å². The number of fused-ring (bicyclic) bond motifs is 1. The lowest BCUT2D eigenvalue weighted by Crippen LogP contribution is -2.29. The van der Waals surface area contributed by atoms with Gasteiger partial charge in [0.2, 0.25) is 0 Å². The summed E-state index contributed by atoms with van der Waals surface area (Å²) in [6.45, 7) is -0.617. The largest absolute Gasteiger partial charge is 0.411 e. The molecule has 6 heteroatoms. The fourth-order valence-corrected chi connectivity index (χ4v) is 3.18. The fourth-order valence-electron chi connectivity index (χ4n) is 2.19. The molecule has 102 valence electrons. The van der Waals surface area contributed by atoms with Crippen LogP contribution in [0.5, 0.6) is 0 Å². The molecule has 0 saturated heterocycles. The molecule has 1 heterocycles. The maximum absolute atomic E-state index is 11.8. The van der Waals surface area contributed by atoms with E-state index in [0.717, 1.165) is 19.3 Å². The first-order valence-electron chi connectivity index (χ1n) is 6.00. The lowest BCUT2D eigenvalue weighted by atomic mass is 9.94. The number of hydrogen-bond donors (Lipinski definition) is 1. The van der Waals surface area contributed by atoms with E-state index in [1.807, 2.05) is 0 Å². The van der Waals surface area contributed by atoms with Gasteiger partial charge in [0, 0.05) is 17.5 Å². The summed E-state index contributed by atoms with van der Waals surface area (Å²) in [5, 5.41) is 5.34. The van der Waals surface area contributed by atoms with Gasteiger partial charge in [0.1, 0.15) is 6.61 Å². The number of alkyl halides is 3. The Morgan fingerprint density at radius 3 is 3.06 bits per heavy atom. The third-order valence-electron chi connectivity index (χ3n) is 2.95. The van der Waals surface area contributed by atoms with Crippen molar-refractivity contribution in [1.82, 2.24) is 5.32 Å². The van der Waals surface area contributed by atoms with Crippen molar-refractivity contribution in [3.8, 4) is 0 Å². The van der Waals surface area contributed by atoms with Gasteiger partial charge in [0.05, 0.1) is 6.61 Å². The maximum Gasteiger partial charge on any atom is 0.411 e. The maximum atomic E-state index is 11.8. The summed E-state index contributed by atoms with van der Waals surface area (Å²) in [6, 6.07) is 2.38. The van der Waals surface area contributed by atoms with Crippen LogP contribution >= 0.6 is 11.3 Å². The second-order valence-electron chi connectivity index (χ2n) is 4.37. The van der Waals surface area contributed by atoms with Gasteiger partial charge in [0.25, 0.3) is 0 Å². The molecular formula is C12H16F3NOS. The average Bonchev–Trinajstić information content (AvgIpc) is 2.75. The molecule has 0 amide bonds. The van der Waals surface area contributed by atoms with Crippen LogP contribution < -0.4 is 5.32 Å². The molecule has 0 fully saturated rings. The Bertz CT molecular complexity index is 378. The van der Waals surface area contributed by atoms with Crippen LogP contribution in [0.4, 0.5) is 13.2 Å². The molecule has 1 atom stereocenters. The molecule has 2 rings (SSSR count). The van der Waals surface area contributed by atoms with Crippen molar-refractivity contribution >= 4 is 11.3 Å². The van der Waals surface area contributed by atoms with Crippen molar-refractivity contribution < 1.29 is 17.9 Å². The van der Waals surface area contributed by atoms with Crippen LogP contribution in [-0.4, -0.2) is 25.9 Å². The van der Waals surface area contributed by atoms with Crippen LogP contribution in [0.1, 0.15) is 29.3 Å². The Balaban J connectivity index is 1.69. The molecule has 1 aromatic rings. The van der Waals surface area contributed by atoms with E-state index in [0.29, 0.717) is 6.54 Å². The minimum absolute atomic E-state index is 0.0927. The van der Waals surface area contributed by atoms with E-state index < -0.39 is 12.8 Å². The first-order valence-corrected chi connectivity index (χ1v) is 6.88. The standard InChI is InChI=1S/C12H16F3NOS/c13-12(14,15)8-17-6-5-16-10-2-1-3-11-9(10)4-7-18-11/h4,7,10,16H,1-3,5-6,8H2. The molecular weight excluding hydrogens is 263 g/mol. The van der Waals surface area contributed by atoms with Gasteiger partial charge in [-0.05, 0) is 36.3 Å². The van der Waals surface area contributed by atoms with E-state index in [9.17, 15) is 13.2 Å². The van der Waals surface area contributed by atoms with Gasteiger partial charge in [-0.3, -0.25) is 0 Å². The van der Waals surface area contributed by atoms with Crippen molar-refractivity contribution in [3.05, 3.63) is 21.9 Å². The van der Waals surface area contributed by atoms with E-state index in [4.69, 9.17) is 0 Å². The monoisotopic (exact) mass is 279 g/mol. The van der Waals surface area contributed by atoms with Crippen LogP contribution in [0.3, 0.4) is 0 Å². The smallest absolute Gasteiger partial charge is 0.371 e. The number of rotatable bonds is 5. The van der Waals surface area contributed by atoms with Crippen LogP contribution in [-0.2, 0) is 11.2 Å². The topological polar surface area (TPSA) is 21.3 Å². The highest BCUT2D eigenvalue weighted by atomic mass is 32.1. The van der Waals surface area contributed by atoms with Gasteiger partial charge in [-0.2, -0.15) is 13.2 Å². The Labute approximate surface area is 108 Å². The summed E-state index contributed by atoms with van der Waals surface area (Å²) < 4.78 is 40.1. The number of nitrogens with one attached hydrogen (secondary N) is 1. The first kappa shape index (κ1) is 13.8. The SMILES string of the molecule is FC(F)(F)COCCNC1CCCc2sccc21. The van der Waals surface area contributed by atoms with E-state index >= 15 is 0 Å². The molecule has 1 unspecified atom stereocenters. The van der Waals surface area contributed by atoms with E-state index in [-0.39, 0.29) is 12.6 Å². The van der Waals surface area contributed by atoms with Crippen LogP contribution in [0.2, 0.25) is 0 Å². The molecule has 0 aliphatic heterocycles. The fraction of sp³-hybridized carbons (Fsp3) is 0.667. The lowest BCUT2D eigenvalue weighted by molar-refractivity contribution is -0.173. The van der Waals surface area contributed by atoms with E-state index in [2.05, 4.69) is 21.5 Å². The van der Waals surface area contributed by atoms with Gasteiger partial charge in [-0.15, -0.1) is 11.3 Å². The summed E-state index contributed by atoms with van der Waals surface area (Å²) >= 11 is 1.76.